The summed E-state index contributed by atoms with van der Waals surface area (Å²) in [6.45, 7) is 8.01. The first-order valence-corrected chi connectivity index (χ1v) is 11.8. The van der Waals surface area contributed by atoms with E-state index < -0.39 is 23.4 Å². The van der Waals surface area contributed by atoms with Crippen molar-refractivity contribution in [2.24, 2.45) is 10.9 Å². The molecule has 0 saturated carbocycles. The molecule has 2 heterocycles. The molecule has 1 aliphatic rings. The lowest BCUT2D eigenvalue weighted by atomic mass is 9.80. The largest absolute Gasteiger partial charge is 0.497 e. The van der Waals surface area contributed by atoms with Gasteiger partial charge in [0, 0.05) is 18.6 Å². The number of rotatable bonds is 12. The molecule has 1 aliphatic heterocycles. The Labute approximate surface area is 210 Å². The predicted molar refractivity (Wildman–Crippen MR) is 143 cm³/mol. The first kappa shape index (κ1) is 26.5. The molecule has 9 nitrogen and oxygen atoms in total. The molecule has 36 heavy (non-hydrogen) atoms. The van der Waals surface area contributed by atoms with Gasteiger partial charge in [-0.3, -0.25) is 25.0 Å². The number of aromatic amines is 1. The Morgan fingerprint density at radius 1 is 1.31 bits per heavy atom. The maximum absolute atomic E-state index is 13.2. The van der Waals surface area contributed by atoms with Crippen LogP contribution in [0.2, 0.25) is 0 Å². The summed E-state index contributed by atoms with van der Waals surface area (Å²) >= 11 is 0. The lowest BCUT2D eigenvalue weighted by Crippen LogP contribution is -2.56. The molecule has 1 unspecified atom stereocenters. The van der Waals surface area contributed by atoms with Crippen molar-refractivity contribution in [1.29, 1.82) is 0 Å². The topological polar surface area (TPSA) is 118 Å². The number of amides is 3. The number of carbonyl (C=O) groups excluding carboxylic acids is 2. The van der Waals surface area contributed by atoms with E-state index in [0.29, 0.717) is 36.0 Å². The van der Waals surface area contributed by atoms with Gasteiger partial charge in [-0.05, 0) is 38.5 Å². The number of carbonyl (C=O) groups is 2. The number of urea groups is 1. The molecule has 3 rings (SSSR count). The number of fused-ring (bicyclic) bond motifs is 1. The van der Waals surface area contributed by atoms with Crippen molar-refractivity contribution in [3.05, 3.63) is 77.2 Å². The van der Waals surface area contributed by atoms with Crippen molar-refractivity contribution < 1.29 is 14.3 Å². The molecular weight excluding hydrogens is 458 g/mol. The summed E-state index contributed by atoms with van der Waals surface area (Å²) < 4.78 is 6.60. The minimum Gasteiger partial charge on any atom is -0.497 e. The fourth-order valence-corrected chi connectivity index (χ4v) is 4.21. The molecule has 190 valence electrons. The van der Waals surface area contributed by atoms with Crippen LogP contribution in [0.25, 0.3) is 10.9 Å². The molecule has 1 aromatic carbocycles. The van der Waals surface area contributed by atoms with Gasteiger partial charge in [-0.2, -0.15) is 0 Å². The Bertz CT molecular complexity index is 1300. The number of ether oxygens (including phenoxy) is 1. The summed E-state index contributed by atoms with van der Waals surface area (Å²) in [4.78, 5) is 42.9. The zero-order valence-electron chi connectivity index (χ0n) is 20.9. The van der Waals surface area contributed by atoms with Crippen molar-refractivity contribution in [3.8, 4) is 5.75 Å². The summed E-state index contributed by atoms with van der Waals surface area (Å²) in [5, 5.41) is 8.67. The third-order valence-corrected chi connectivity index (χ3v) is 6.14. The molecule has 0 radical (unpaired) electrons. The second-order valence-corrected chi connectivity index (χ2v) is 8.63. The molecule has 1 saturated heterocycles. The van der Waals surface area contributed by atoms with E-state index >= 15 is 0 Å². The summed E-state index contributed by atoms with van der Waals surface area (Å²) in [7, 11) is 1.53. The van der Waals surface area contributed by atoms with Crippen LogP contribution < -0.4 is 20.9 Å². The molecule has 0 spiro atoms. The predicted octanol–water partition coefficient (Wildman–Crippen LogP) is 3.65. The summed E-state index contributed by atoms with van der Waals surface area (Å²) in [5.74, 6) is -0.315. The van der Waals surface area contributed by atoms with Gasteiger partial charge in [-0.25, -0.2) is 9.48 Å². The minimum atomic E-state index is -1.35. The van der Waals surface area contributed by atoms with E-state index in [1.165, 1.54) is 11.8 Å². The number of allylic oxidation sites excluding steroid dienone is 5. The van der Waals surface area contributed by atoms with Gasteiger partial charge in [0.25, 0.3) is 11.5 Å². The minimum absolute atomic E-state index is 0.0562. The van der Waals surface area contributed by atoms with Gasteiger partial charge in [0.2, 0.25) is 0 Å². The SMILES string of the molecule is C=C/C=C\CN=CC/C(C)=C/CC(/C=C\C)[C@@]1(Cn2[nH]c3ccc(OC)cc3c2=O)NC(=O)NC1=O. The summed E-state index contributed by atoms with van der Waals surface area (Å²) in [6, 6.07) is 4.56. The van der Waals surface area contributed by atoms with Gasteiger partial charge in [-0.15, -0.1) is 0 Å². The zero-order chi connectivity index (χ0) is 26.1. The van der Waals surface area contributed by atoms with Crippen LogP contribution in [0.5, 0.6) is 5.75 Å². The third kappa shape index (κ3) is 5.91. The highest BCUT2D eigenvalue weighted by Gasteiger charge is 2.51. The highest BCUT2D eigenvalue weighted by Crippen LogP contribution is 2.29. The first-order valence-electron chi connectivity index (χ1n) is 11.8. The summed E-state index contributed by atoms with van der Waals surface area (Å²) in [6.07, 6.45) is 14.2. The Hall–Kier alpha value is -4.14. The van der Waals surface area contributed by atoms with Crippen molar-refractivity contribution in [2.75, 3.05) is 13.7 Å². The van der Waals surface area contributed by atoms with Crippen LogP contribution >= 0.6 is 0 Å². The molecule has 3 amide bonds. The number of methoxy groups -OCH3 is 1. The highest BCUT2D eigenvalue weighted by molar-refractivity contribution is 6.07. The second kappa shape index (κ2) is 12.0. The van der Waals surface area contributed by atoms with Crippen molar-refractivity contribution in [1.82, 2.24) is 20.4 Å². The molecule has 3 N–H and O–H groups in total. The quantitative estimate of drug-likeness (QED) is 0.182. The van der Waals surface area contributed by atoms with Gasteiger partial charge in [0.05, 0.1) is 31.1 Å². The molecule has 0 aliphatic carbocycles. The van der Waals surface area contributed by atoms with Gasteiger partial charge >= 0.3 is 6.03 Å². The number of benzene rings is 1. The van der Waals surface area contributed by atoms with Crippen molar-refractivity contribution in [3.63, 3.8) is 0 Å². The van der Waals surface area contributed by atoms with E-state index in [1.807, 2.05) is 50.4 Å². The fourth-order valence-electron chi connectivity index (χ4n) is 4.21. The Morgan fingerprint density at radius 2 is 2.11 bits per heavy atom. The van der Waals surface area contributed by atoms with Crippen LogP contribution in [-0.2, 0) is 11.3 Å². The maximum atomic E-state index is 13.2. The number of aromatic nitrogens is 2. The van der Waals surface area contributed by atoms with Crippen molar-refractivity contribution >= 4 is 29.1 Å². The number of nitrogens with zero attached hydrogens (tertiary/aromatic N) is 2. The van der Waals surface area contributed by atoms with Gasteiger partial charge in [0.15, 0.2) is 0 Å². The van der Waals surface area contributed by atoms with Crippen LogP contribution in [0.1, 0.15) is 26.7 Å². The highest BCUT2D eigenvalue weighted by atomic mass is 16.5. The number of nitrogens with one attached hydrogen (secondary N) is 3. The molecular formula is C27H33N5O4. The van der Waals surface area contributed by atoms with Gasteiger partial charge < -0.3 is 10.1 Å². The zero-order valence-corrected chi connectivity index (χ0v) is 20.9. The average Bonchev–Trinajstić information content (AvgIpc) is 3.33. The Balaban J connectivity index is 1.89. The van der Waals surface area contributed by atoms with E-state index in [4.69, 9.17) is 4.74 Å². The van der Waals surface area contributed by atoms with Crippen molar-refractivity contribution in [2.45, 2.75) is 38.8 Å². The first-order chi connectivity index (χ1) is 17.3. The van der Waals surface area contributed by atoms with Gasteiger partial charge in [0.1, 0.15) is 11.3 Å². The average molecular weight is 492 g/mol. The monoisotopic (exact) mass is 491 g/mol. The Kier molecular flexibility index (Phi) is 8.83. The molecule has 2 aromatic rings. The van der Waals surface area contributed by atoms with Crippen LogP contribution in [0.4, 0.5) is 4.79 Å². The normalized spacial score (nSPS) is 19.5. The maximum Gasteiger partial charge on any atom is 0.322 e. The lowest BCUT2D eigenvalue weighted by Gasteiger charge is -2.32. The third-order valence-electron chi connectivity index (χ3n) is 6.14. The lowest BCUT2D eigenvalue weighted by molar-refractivity contribution is -0.126. The number of hydrogen-bond donors (Lipinski definition) is 3. The van der Waals surface area contributed by atoms with E-state index in [0.717, 1.165) is 5.57 Å². The van der Waals surface area contributed by atoms with Crippen LogP contribution in [0.3, 0.4) is 0 Å². The van der Waals surface area contributed by atoms with Crippen LogP contribution in [0, 0.1) is 5.92 Å². The number of H-pyrrole nitrogens is 1. The number of imide groups is 1. The van der Waals surface area contributed by atoms with Crippen LogP contribution in [0.15, 0.2) is 76.6 Å². The fraction of sp³-hybridized carbons (Fsp3) is 0.333. The Morgan fingerprint density at radius 3 is 2.78 bits per heavy atom. The van der Waals surface area contributed by atoms with E-state index in [9.17, 15) is 14.4 Å². The van der Waals surface area contributed by atoms with Gasteiger partial charge in [-0.1, -0.05) is 48.6 Å². The standard InChI is InChI=1S/C27H33N5O4/c1-5-7-8-15-28-16-14-19(3)10-11-20(9-6-2)27(25(34)29-26(35)30-27)18-32-24(33)22-17-21(36-4)12-13-23(22)31-32/h5-10,12-13,16-17,20,31H,1,11,14-15,18H2,2-4H3,(H2,29,30,34,35)/b8-7-,9-6-,19-10+,28-16?/t20?,27-/m1/s1. The van der Waals surface area contributed by atoms with Crippen LogP contribution in [-0.4, -0.2) is 47.1 Å². The molecule has 9 heteroatoms. The smallest absolute Gasteiger partial charge is 0.322 e. The molecule has 1 aromatic heterocycles. The van der Waals surface area contributed by atoms with E-state index in [1.54, 1.807) is 24.3 Å². The molecule has 1 fully saturated rings. The molecule has 0 bridgehead atoms. The second-order valence-electron chi connectivity index (χ2n) is 8.63. The molecule has 2 atom stereocenters. The number of hydrogen-bond acceptors (Lipinski definition) is 5. The van der Waals surface area contributed by atoms with E-state index in [-0.39, 0.29) is 12.1 Å². The summed E-state index contributed by atoms with van der Waals surface area (Å²) in [5.41, 5.74) is 0.0421. The van der Waals surface area contributed by atoms with E-state index in [2.05, 4.69) is 27.3 Å². The number of aliphatic imine (C=N–C) groups is 1.